The average Bonchev–Trinajstić information content (AvgIpc) is 3.56. The van der Waals surface area contributed by atoms with Crippen molar-refractivity contribution in [1.82, 2.24) is 0 Å². The molecule has 3 heteroatoms. The molecule has 31 heavy (non-hydrogen) atoms. The third kappa shape index (κ3) is 10.3. The van der Waals surface area contributed by atoms with Crippen molar-refractivity contribution < 1.29 is 56.4 Å². The van der Waals surface area contributed by atoms with Crippen LogP contribution in [-0.4, -0.2) is 26.4 Å². The Balaban J connectivity index is 0.000000401. The Labute approximate surface area is 235 Å². The van der Waals surface area contributed by atoms with Gasteiger partial charge in [-0.1, -0.05) is 69.2 Å². The van der Waals surface area contributed by atoms with E-state index in [1.54, 1.807) is 0 Å². The maximum atomic E-state index is 4.94. The summed E-state index contributed by atoms with van der Waals surface area (Å²) in [7, 11) is 0. The van der Waals surface area contributed by atoms with Crippen LogP contribution in [0.5, 0.6) is 0 Å². The molecule has 2 saturated heterocycles. The summed E-state index contributed by atoms with van der Waals surface area (Å²) in [6.07, 6.45) is 5.11. The smallest absolute Gasteiger partial charge is 0.0466 e. The topological polar surface area (TPSA) is 18.5 Å². The molecule has 0 amide bonds. The SMILES string of the molecule is C1CCOC1.C1CCOC1.C[C]1[C](C)[C](C)[C](C)[C]1C.C[C]1[C](C)[C](C)[C](C)[C]1C.[Yb]. The van der Waals surface area contributed by atoms with Crippen molar-refractivity contribution in [3.05, 3.63) is 59.2 Å². The summed E-state index contributed by atoms with van der Waals surface area (Å²) in [6.45, 7) is 26.0. The van der Waals surface area contributed by atoms with Crippen molar-refractivity contribution in [2.45, 2.75) is 94.9 Å². The predicted octanol–water partition coefficient (Wildman–Crippen LogP) is 7.54. The molecule has 0 aromatic carbocycles. The van der Waals surface area contributed by atoms with E-state index < -0.39 is 0 Å². The Bertz CT molecular complexity index is 290. The van der Waals surface area contributed by atoms with Gasteiger partial charge >= 0.3 is 0 Å². The standard InChI is InChI=1S/2C10H15.2C4H8O.Yb/c2*1-6-7(2)9(4)10(5)8(6)3;2*1-2-4-5-3-1;/h2*1-5H3;2*1-4H2;. The normalized spacial score (nSPS) is 26.1. The molecule has 4 fully saturated rings. The van der Waals surface area contributed by atoms with Crippen LogP contribution in [0, 0.1) is 106 Å². The van der Waals surface area contributed by atoms with Crippen molar-refractivity contribution >= 4 is 0 Å². The molecule has 0 atom stereocenters. The number of hydrogen-bond acceptors (Lipinski definition) is 2. The molecule has 0 aromatic rings. The molecular formula is C28H46O2Yb. The maximum absolute atomic E-state index is 4.94. The van der Waals surface area contributed by atoms with E-state index in [9.17, 15) is 0 Å². The van der Waals surface area contributed by atoms with Crippen LogP contribution >= 0.6 is 0 Å². The van der Waals surface area contributed by atoms with Crippen molar-refractivity contribution in [3.8, 4) is 0 Å². The first-order chi connectivity index (χ1) is 14.1. The van der Waals surface area contributed by atoms with Gasteiger partial charge in [0.2, 0.25) is 0 Å². The maximum Gasteiger partial charge on any atom is 0.0466 e. The first-order valence-electron chi connectivity index (χ1n) is 11.7. The van der Waals surface area contributed by atoms with Crippen LogP contribution in [0.1, 0.15) is 94.9 Å². The van der Waals surface area contributed by atoms with Gasteiger partial charge in [-0.25, -0.2) is 0 Å². The number of rotatable bonds is 0. The van der Waals surface area contributed by atoms with Gasteiger partial charge in [0.05, 0.1) is 0 Å². The minimum atomic E-state index is 0. The molecule has 184 valence electrons. The van der Waals surface area contributed by atoms with Crippen molar-refractivity contribution in [3.63, 3.8) is 0 Å². The van der Waals surface area contributed by atoms with Gasteiger partial charge in [-0.15, -0.1) is 0 Å². The summed E-state index contributed by atoms with van der Waals surface area (Å²) < 4.78 is 9.89. The molecule has 4 rings (SSSR count). The molecule has 4 aliphatic rings. The van der Waals surface area contributed by atoms with Crippen molar-refractivity contribution in [2.75, 3.05) is 26.4 Å². The van der Waals surface area contributed by atoms with E-state index in [4.69, 9.17) is 9.47 Å². The van der Waals surface area contributed by atoms with Gasteiger partial charge in [0.15, 0.2) is 0 Å². The zero-order valence-corrected chi connectivity index (χ0v) is 23.5. The van der Waals surface area contributed by atoms with E-state index in [1.807, 2.05) is 0 Å². The minimum absolute atomic E-state index is 0. The summed E-state index contributed by atoms with van der Waals surface area (Å²) >= 11 is 0. The molecule has 0 spiro atoms. The third-order valence-electron chi connectivity index (χ3n) is 7.28. The summed E-state index contributed by atoms with van der Waals surface area (Å²) in [5.41, 5.74) is 0. The monoisotopic (exact) mass is 588 g/mol. The minimum Gasteiger partial charge on any atom is -0.381 e. The van der Waals surface area contributed by atoms with Gasteiger partial charge < -0.3 is 9.47 Å². The summed E-state index contributed by atoms with van der Waals surface area (Å²) in [5, 5.41) is 0. The van der Waals surface area contributed by atoms with Crippen LogP contribution in [0.2, 0.25) is 0 Å². The predicted molar refractivity (Wildman–Crippen MR) is 129 cm³/mol. The van der Waals surface area contributed by atoms with Crippen molar-refractivity contribution in [2.24, 2.45) is 0 Å². The van der Waals surface area contributed by atoms with Gasteiger partial charge in [0.1, 0.15) is 0 Å². The molecule has 0 N–H and O–H groups in total. The second-order valence-corrected chi connectivity index (χ2v) is 8.89. The van der Waals surface area contributed by atoms with Crippen LogP contribution in [0.15, 0.2) is 0 Å². The van der Waals surface area contributed by atoms with Gasteiger partial charge in [-0.05, 0) is 84.9 Å². The average molecular weight is 588 g/mol. The van der Waals surface area contributed by atoms with Crippen LogP contribution in [0.4, 0.5) is 0 Å². The zero-order chi connectivity index (χ0) is 22.8. The largest absolute Gasteiger partial charge is 0.381 e. The Morgan fingerprint density at radius 1 is 0.323 bits per heavy atom. The second-order valence-electron chi connectivity index (χ2n) is 8.89. The van der Waals surface area contributed by atoms with E-state index in [1.165, 1.54) is 84.9 Å². The van der Waals surface area contributed by atoms with E-state index in [0.717, 1.165) is 26.4 Å². The van der Waals surface area contributed by atoms with E-state index in [0.29, 0.717) is 0 Å². The molecule has 2 aliphatic heterocycles. The molecule has 2 aliphatic carbocycles. The van der Waals surface area contributed by atoms with Gasteiger partial charge in [0.25, 0.3) is 0 Å². The van der Waals surface area contributed by atoms with Gasteiger partial charge in [-0.3, -0.25) is 0 Å². The molecule has 2 heterocycles. The second kappa shape index (κ2) is 17.0. The van der Waals surface area contributed by atoms with Crippen molar-refractivity contribution in [1.29, 1.82) is 0 Å². The Morgan fingerprint density at radius 2 is 0.452 bits per heavy atom. The van der Waals surface area contributed by atoms with Crippen LogP contribution in [0.25, 0.3) is 0 Å². The van der Waals surface area contributed by atoms with Crippen LogP contribution < -0.4 is 0 Å². The van der Waals surface area contributed by atoms with E-state index >= 15 is 0 Å². The van der Waals surface area contributed by atoms with Gasteiger partial charge in [-0.2, -0.15) is 0 Å². The summed E-state index contributed by atoms with van der Waals surface area (Å²) in [5.74, 6) is 14.7. The molecule has 0 bridgehead atoms. The van der Waals surface area contributed by atoms with E-state index in [2.05, 4.69) is 69.2 Å². The third-order valence-corrected chi connectivity index (χ3v) is 7.28. The fourth-order valence-corrected chi connectivity index (χ4v) is 3.83. The molecular weight excluding hydrogens is 541 g/mol. The summed E-state index contributed by atoms with van der Waals surface area (Å²) in [4.78, 5) is 0. The van der Waals surface area contributed by atoms with E-state index in [-0.39, 0.29) is 46.9 Å². The Hall–Kier alpha value is 1.44. The summed E-state index contributed by atoms with van der Waals surface area (Å²) in [6, 6.07) is 0. The molecule has 0 unspecified atom stereocenters. The molecule has 2 saturated carbocycles. The first-order valence-corrected chi connectivity index (χ1v) is 11.7. The Kier molecular flexibility index (Phi) is 17.8. The fraction of sp³-hybridized carbons (Fsp3) is 0.643. The molecule has 10 radical (unpaired) electrons. The molecule has 0 aromatic heterocycles. The number of ether oxygens (including phenoxy) is 2. The van der Waals surface area contributed by atoms with Gasteiger partial charge in [0, 0.05) is 73.4 Å². The first kappa shape index (κ1) is 32.4. The quantitative estimate of drug-likeness (QED) is 0.292. The number of hydrogen-bond donors (Lipinski definition) is 0. The van der Waals surface area contributed by atoms with Crippen LogP contribution in [-0.2, 0) is 9.47 Å². The zero-order valence-electron chi connectivity index (χ0n) is 21.7. The fourth-order valence-electron chi connectivity index (χ4n) is 3.83. The molecule has 2 nitrogen and oxygen atoms in total. The van der Waals surface area contributed by atoms with Crippen LogP contribution in [0.3, 0.4) is 0 Å². The Morgan fingerprint density at radius 3 is 0.516 bits per heavy atom.